The highest BCUT2D eigenvalue weighted by Gasteiger charge is 2.36. The van der Waals surface area contributed by atoms with Crippen molar-refractivity contribution in [1.82, 2.24) is 10.3 Å². The highest BCUT2D eigenvalue weighted by atomic mass is 16.5. The summed E-state index contributed by atoms with van der Waals surface area (Å²) in [5, 5.41) is 11.3. The molecule has 8 nitrogen and oxygen atoms in total. The van der Waals surface area contributed by atoms with Crippen molar-refractivity contribution in [3.63, 3.8) is 0 Å². The zero-order valence-corrected chi connectivity index (χ0v) is 15.1. The minimum absolute atomic E-state index is 0.0751. The van der Waals surface area contributed by atoms with Gasteiger partial charge in [0.1, 0.15) is 18.5 Å². The number of pyridine rings is 1. The van der Waals surface area contributed by atoms with Crippen molar-refractivity contribution >= 4 is 24.5 Å². The Morgan fingerprint density at radius 2 is 2.12 bits per heavy atom. The van der Waals surface area contributed by atoms with E-state index in [0.717, 1.165) is 0 Å². The van der Waals surface area contributed by atoms with Gasteiger partial charge in [-0.2, -0.15) is 0 Å². The Morgan fingerprint density at radius 3 is 2.65 bits per heavy atom. The predicted octanol–water partition coefficient (Wildman–Crippen LogP) is 2.42. The number of carbonyl (C=O) groups excluding carboxylic acids is 1. The molecule has 2 N–H and O–H groups in total. The van der Waals surface area contributed by atoms with Gasteiger partial charge in [-0.05, 0) is 51.1 Å². The monoisotopic (exact) mass is 361 g/mol. The number of hydrogen-bond acceptors (Lipinski definition) is 6. The summed E-state index contributed by atoms with van der Waals surface area (Å²) in [7, 11) is 1.48. The molecule has 8 heteroatoms. The molecule has 2 rings (SSSR count). The zero-order chi connectivity index (χ0) is 19.3. The fraction of sp³-hybridized carbons (Fsp3) is 0.444. The second-order valence-electron chi connectivity index (χ2n) is 6.14. The van der Waals surface area contributed by atoms with E-state index in [-0.39, 0.29) is 18.6 Å². The van der Waals surface area contributed by atoms with Gasteiger partial charge >= 0.3 is 12.1 Å². The quantitative estimate of drug-likeness (QED) is 0.722. The van der Waals surface area contributed by atoms with Crippen LogP contribution >= 0.6 is 0 Å². The van der Waals surface area contributed by atoms with Gasteiger partial charge in [0.25, 0.3) is 0 Å². The second-order valence-corrected chi connectivity index (χ2v) is 6.14. The average molecular weight is 361 g/mol. The van der Waals surface area contributed by atoms with Crippen LogP contribution in [0.25, 0.3) is 5.70 Å². The molecule has 0 radical (unpaired) electrons. The molecule has 0 aromatic carbocycles. The maximum atomic E-state index is 11.2. The Balaban J connectivity index is 2.08. The van der Waals surface area contributed by atoms with Crippen LogP contribution in [0, 0.1) is 12.8 Å². The van der Waals surface area contributed by atoms with Crippen molar-refractivity contribution in [2.45, 2.75) is 32.8 Å². The van der Waals surface area contributed by atoms with E-state index < -0.39 is 12.1 Å². The molecule has 0 atom stereocenters. The molecule has 0 saturated heterocycles. The number of carboxylic acid groups (broad SMARTS) is 1. The van der Waals surface area contributed by atoms with Crippen LogP contribution in [0.15, 0.2) is 22.7 Å². The second kappa shape index (κ2) is 8.46. The smallest absolute Gasteiger partial charge is 0.407 e. The van der Waals surface area contributed by atoms with Crippen LogP contribution in [0.4, 0.5) is 4.79 Å². The Morgan fingerprint density at radius 1 is 1.42 bits per heavy atom. The van der Waals surface area contributed by atoms with Gasteiger partial charge in [-0.1, -0.05) is 0 Å². The van der Waals surface area contributed by atoms with Crippen LogP contribution in [-0.2, 0) is 9.53 Å². The molecule has 1 aromatic rings. The highest BCUT2D eigenvalue weighted by Crippen LogP contribution is 2.33. The lowest BCUT2D eigenvalue weighted by Crippen LogP contribution is -2.38. The van der Waals surface area contributed by atoms with Crippen LogP contribution in [0.5, 0.6) is 5.75 Å². The Hall–Kier alpha value is -2.90. The molecule has 0 spiro atoms. The van der Waals surface area contributed by atoms with Crippen LogP contribution in [-0.4, -0.2) is 48.6 Å². The van der Waals surface area contributed by atoms with E-state index in [4.69, 9.17) is 14.6 Å². The number of rotatable bonds is 7. The number of aliphatic carboxylic acids is 1. The molecule has 1 aromatic heterocycles. The molecule has 1 aliphatic rings. The Kier molecular flexibility index (Phi) is 6.32. The molecule has 1 amide bonds. The fourth-order valence-corrected chi connectivity index (χ4v) is 2.60. The van der Waals surface area contributed by atoms with E-state index in [1.807, 2.05) is 6.92 Å². The van der Waals surface area contributed by atoms with Crippen molar-refractivity contribution in [2.75, 3.05) is 13.7 Å². The first-order valence-corrected chi connectivity index (χ1v) is 8.24. The third-order valence-corrected chi connectivity index (χ3v) is 4.20. The number of carbonyl (C=O) groups is 2. The molecule has 0 bridgehead atoms. The van der Waals surface area contributed by atoms with Crippen molar-refractivity contribution in [3.8, 4) is 5.75 Å². The lowest BCUT2D eigenvalue weighted by atomic mass is 9.82. The fourth-order valence-electron chi connectivity index (χ4n) is 2.60. The molecule has 1 heterocycles. The average Bonchev–Trinajstić information content (AvgIpc) is 2.57. The zero-order valence-electron chi connectivity index (χ0n) is 15.1. The van der Waals surface area contributed by atoms with Crippen LogP contribution in [0.3, 0.4) is 0 Å². The lowest BCUT2D eigenvalue weighted by molar-refractivity contribution is -0.147. The van der Waals surface area contributed by atoms with Crippen LogP contribution < -0.4 is 10.1 Å². The summed E-state index contributed by atoms with van der Waals surface area (Å²) in [6, 6.07) is 3.53. The third-order valence-electron chi connectivity index (χ3n) is 4.20. The molecular weight excluding hydrogens is 338 g/mol. The highest BCUT2D eigenvalue weighted by molar-refractivity contribution is 5.71. The number of ether oxygens (including phenoxy) is 2. The number of nitrogens with one attached hydrogen (secondary N) is 1. The molecular formula is C18H23N3O5. The van der Waals surface area contributed by atoms with E-state index in [1.54, 1.807) is 19.1 Å². The summed E-state index contributed by atoms with van der Waals surface area (Å²) in [5.41, 5.74) is 2.52. The molecule has 0 aliphatic heterocycles. The molecule has 1 fully saturated rings. The summed E-state index contributed by atoms with van der Waals surface area (Å²) < 4.78 is 10.8. The number of alkyl carbamates (subject to hydrolysis) is 1. The number of carboxylic acids is 1. The standard InChI is InChI=1S/C18H23N3O5/c1-10(9-25-18(24)20-4)16(19-3)14-5-6-15(11(2)21-14)26-13-7-12(8-13)17(22)23/h5-6,12-13H,3,7-9H2,1-2,4H3,(H,20,24)(H,22,23)/b16-10+. The topological polar surface area (TPSA) is 110 Å². The van der Waals surface area contributed by atoms with Gasteiger partial charge < -0.3 is 19.9 Å². The molecule has 0 unspecified atom stereocenters. The van der Waals surface area contributed by atoms with Crippen molar-refractivity contribution in [1.29, 1.82) is 0 Å². The Labute approximate surface area is 151 Å². The largest absolute Gasteiger partial charge is 0.488 e. The van der Waals surface area contributed by atoms with Crippen molar-refractivity contribution in [2.24, 2.45) is 10.9 Å². The van der Waals surface area contributed by atoms with E-state index in [2.05, 4.69) is 22.0 Å². The number of aliphatic imine (C=N–C) groups is 1. The molecule has 140 valence electrons. The van der Waals surface area contributed by atoms with Gasteiger partial charge in [0, 0.05) is 7.05 Å². The third kappa shape index (κ3) is 4.59. The van der Waals surface area contributed by atoms with Gasteiger partial charge in [0.05, 0.1) is 23.0 Å². The van der Waals surface area contributed by atoms with Crippen LogP contribution in [0.2, 0.25) is 0 Å². The van der Waals surface area contributed by atoms with Crippen LogP contribution in [0.1, 0.15) is 31.2 Å². The lowest BCUT2D eigenvalue weighted by Gasteiger charge is -2.32. The summed E-state index contributed by atoms with van der Waals surface area (Å²) in [6.07, 6.45) is 0.385. The van der Waals surface area contributed by atoms with Crippen molar-refractivity contribution in [3.05, 3.63) is 29.1 Å². The molecule has 1 saturated carbocycles. The number of hydrogen-bond donors (Lipinski definition) is 2. The maximum Gasteiger partial charge on any atom is 0.407 e. The molecule has 26 heavy (non-hydrogen) atoms. The van der Waals surface area contributed by atoms with Gasteiger partial charge in [0.2, 0.25) is 0 Å². The number of amides is 1. The summed E-state index contributed by atoms with van der Waals surface area (Å²) in [6.45, 7) is 7.23. The number of nitrogens with zero attached hydrogens (tertiary/aromatic N) is 2. The first-order chi connectivity index (χ1) is 12.3. The SMILES string of the molecule is C=N/C(=C(\C)COC(=O)NC)c1ccc(OC2CC(C(=O)O)C2)c(C)n1. The first kappa shape index (κ1) is 19.4. The Bertz CT molecular complexity index is 738. The van der Waals surface area contributed by atoms with E-state index >= 15 is 0 Å². The van der Waals surface area contributed by atoms with Gasteiger partial charge in [-0.25, -0.2) is 9.78 Å². The van der Waals surface area contributed by atoms with Gasteiger partial charge in [0.15, 0.2) is 0 Å². The summed E-state index contributed by atoms with van der Waals surface area (Å²) in [5.74, 6) is -0.489. The number of aromatic nitrogens is 1. The summed E-state index contributed by atoms with van der Waals surface area (Å²) >= 11 is 0. The predicted molar refractivity (Wildman–Crippen MR) is 96.3 cm³/mol. The van der Waals surface area contributed by atoms with E-state index in [9.17, 15) is 9.59 Å². The van der Waals surface area contributed by atoms with E-state index in [1.165, 1.54) is 7.05 Å². The van der Waals surface area contributed by atoms with Gasteiger partial charge in [-0.3, -0.25) is 9.79 Å². The normalized spacial score (nSPS) is 19.7. The minimum atomic E-state index is -0.781. The maximum absolute atomic E-state index is 11.2. The minimum Gasteiger partial charge on any atom is -0.488 e. The van der Waals surface area contributed by atoms with E-state index in [0.29, 0.717) is 41.2 Å². The molecule has 1 aliphatic carbocycles. The first-order valence-electron chi connectivity index (χ1n) is 8.24. The number of aryl methyl sites for hydroxylation is 1. The summed E-state index contributed by atoms with van der Waals surface area (Å²) in [4.78, 5) is 30.5. The van der Waals surface area contributed by atoms with Crippen molar-refractivity contribution < 1.29 is 24.2 Å². The van der Waals surface area contributed by atoms with Gasteiger partial charge in [-0.15, -0.1) is 0 Å².